The Morgan fingerprint density at radius 3 is 2.20 bits per heavy atom. The summed E-state index contributed by atoms with van der Waals surface area (Å²) in [5.41, 5.74) is 0.389. The fourth-order valence-electron chi connectivity index (χ4n) is 1.25. The van der Waals surface area contributed by atoms with Gasteiger partial charge in [-0.15, -0.1) is 0 Å². The molecule has 1 fully saturated rings. The standard InChI is InChI=1S/C10H19NO2.C4H6O3/c1-8(9(12)13)6-5-7-11-10(2,3)4;5-4(6)1-3-2-7-3/h11H,1,5-7H2,2-4H3,(H,12,13);3H,1-2H2,(H,5,6). The normalized spacial score (nSPS) is 16.9. The molecule has 3 N–H and O–H groups in total. The van der Waals surface area contributed by atoms with Crippen LogP contribution >= 0.6 is 0 Å². The van der Waals surface area contributed by atoms with Crippen LogP contribution in [0.2, 0.25) is 0 Å². The van der Waals surface area contributed by atoms with Gasteiger partial charge in [0.15, 0.2) is 0 Å². The highest BCUT2D eigenvalue weighted by Gasteiger charge is 2.24. The molecule has 0 radical (unpaired) electrons. The number of nitrogens with one attached hydrogen (secondary N) is 1. The SMILES string of the molecule is C=C(CCCNC(C)(C)C)C(=O)O.O=C(O)CC1CO1. The van der Waals surface area contributed by atoms with Crippen LogP contribution < -0.4 is 5.32 Å². The van der Waals surface area contributed by atoms with Crippen molar-refractivity contribution in [3.05, 3.63) is 12.2 Å². The zero-order chi connectivity index (χ0) is 15.8. The van der Waals surface area contributed by atoms with Crippen LogP contribution in [-0.2, 0) is 14.3 Å². The third-order valence-corrected chi connectivity index (χ3v) is 2.42. The first-order valence-corrected chi connectivity index (χ1v) is 6.61. The minimum absolute atomic E-state index is 0.0255. The van der Waals surface area contributed by atoms with Gasteiger partial charge in [-0.3, -0.25) is 4.79 Å². The summed E-state index contributed by atoms with van der Waals surface area (Å²) in [4.78, 5) is 20.1. The maximum absolute atomic E-state index is 10.4. The quantitative estimate of drug-likeness (QED) is 0.374. The van der Waals surface area contributed by atoms with Gasteiger partial charge in [0.05, 0.1) is 19.1 Å². The van der Waals surface area contributed by atoms with Gasteiger partial charge in [-0.25, -0.2) is 4.79 Å². The summed E-state index contributed by atoms with van der Waals surface area (Å²) in [5, 5.41) is 19.8. The monoisotopic (exact) mass is 287 g/mol. The molecule has 1 aliphatic rings. The van der Waals surface area contributed by atoms with E-state index in [-0.39, 0.29) is 23.6 Å². The smallest absolute Gasteiger partial charge is 0.330 e. The molecule has 20 heavy (non-hydrogen) atoms. The Balaban J connectivity index is 0.000000428. The molecule has 1 heterocycles. The van der Waals surface area contributed by atoms with Gasteiger partial charge >= 0.3 is 11.9 Å². The van der Waals surface area contributed by atoms with E-state index in [4.69, 9.17) is 10.2 Å². The second-order valence-electron chi connectivity index (χ2n) is 5.74. The molecule has 0 spiro atoms. The Bertz CT molecular complexity index is 342. The molecule has 116 valence electrons. The van der Waals surface area contributed by atoms with Gasteiger partial charge in [-0.05, 0) is 40.2 Å². The molecule has 6 heteroatoms. The van der Waals surface area contributed by atoms with Crippen LogP contribution in [0.4, 0.5) is 0 Å². The molecule has 0 aromatic heterocycles. The van der Waals surface area contributed by atoms with Crippen molar-refractivity contribution in [2.75, 3.05) is 13.2 Å². The van der Waals surface area contributed by atoms with E-state index in [1.165, 1.54) is 0 Å². The lowest BCUT2D eigenvalue weighted by Gasteiger charge is -2.20. The predicted octanol–water partition coefficient (Wildman–Crippen LogP) is 1.66. The molecular weight excluding hydrogens is 262 g/mol. The van der Waals surface area contributed by atoms with Gasteiger partial charge in [-0.2, -0.15) is 0 Å². The maximum atomic E-state index is 10.4. The number of aliphatic carboxylic acids is 2. The van der Waals surface area contributed by atoms with Crippen molar-refractivity contribution in [3.63, 3.8) is 0 Å². The zero-order valence-electron chi connectivity index (χ0n) is 12.4. The first kappa shape index (κ1) is 18.6. The van der Waals surface area contributed by atoms with E-state index in [1.807, 2.05) is 0 Å². The van der Waals surface area contributed by atoms with Crippen LogP contribution in [0.5, 0.6) is 0 Å². The molecule has 1 rings (SSSR count). The first-order valence-electron chi connectivity index (χ1n) is 6.61. The van der Waals surface area contributed by atoms with E-state index in [1.54, 1.807) is 0 Å². The molecule has 1 aliphatic heterocycles. The van der Waals surface area contributed by atoms with Crippen molar-refractivity contribution in [3.8, 4) is 0 Å². The topological polar surface area (TPSA) is 99.2 Å². The number of rotatable bonds is 7. The van der Waals surface area contributed by atoms with E-state index in [0.29, 0.717) is 13.0 Å². The number of carboxylic acid groups (broad SMARTS) is 2. The second kappa shape index (κ2) is 8.71. The molecule has 0 aromatic carbocycles. The van der Waals surface area contributed by atoms with Crippen molar-refractivity contribution >= 4 is 11.9 Å². The summed E-state index contributed by atoms with van der Waals surface area (Å²) >= 11 is 0. The minimum Gasteiger partial charge on any atom is -0.481 e. The van der Waals surface area contributed by atoms with Crippen LogP contribution in [0.15, 0.2) is 12.2 Å². The van der Waals surface area contributed by atoms with E-state index in [0.717, 1.165) is 13.0 Å². The van der Waals surface area contributed by atoms with Crippen LogP contribution in [0, 0.1) is 0 Å². The summed E-state index contributed by atoms with van der Waals surface area (Å²) < 4.78 is 4.64. The average Bonchev–Trinajstić information content (AvgIpc) is 3.06. The Kier molecular flexibility index (Phi) is 8.10. The van der Waals surface area contributed by atoms with Gasteiger partial charge in [0, 0.05) is 11.1 Å². The maximum Gasteiger partial charge on any atom is 0.330 e. The highest BCUT2D eigenvalue weighted by atomic mass is 16.6. The summed E-state index contributed by atoms with van der Waals surface area (Å²) in [7, 11) is 0. The summed E-state index contributed by atoms with van der Waals surface area (Å²) in [6.45, 7) is 11.2. The summed E-state index contributed by atoms with van der Waals surface area (Å²) in [6.07, 6.45) is 1.57. The molecule has 1 atom stereocenters. The zero-order valence-corrected chi connectivity index (χ0v) is 12.4. The van der Waals surface area contributed by atoms with E-state index in [2.05, 4.69) is 37.4 Å². The van der Waals surface area contributed by atoms with E-state index >= 15 is 0 Å². The van der Waals surface area contributed by atoms with Crippen molar-refractivity contribution in [2.45, 2.75) is 51.7 Å². The number of hydrogen-bond acceptors (Lipinski definition) is 4. The number of carbonyl (C=O) groups is 2. The van der Waals surface area contributed by atoms with Crippen molar-refractivity contribution < 1.29 is 24.5 Å². The third-order valence-electron chi connectivity index (χ3n) is 2.42. The number of ether oxygens (including phenoxy) is 1. The molecule has 0 aliphatic carbocycles. The lowest BCUT2D eigenvalue weighted by molar-refractivity contribution is -0.137. The van der Waals surface area contributed by atoms with E-state index in [9.17, 15) is 9.59 Å². The van der Waals surface area contributed by atoms with Crippen molar-refractivity contribution in [1.82, 2.24) is 5.32 Å². The molecule has 0 aromatic rings. The Labute approximate surface area is 119 Å². The van der Waals surface area contributed by atoms with Crippen molar-refractivity contribution in [1.29, 1.82) is 0 Å². The van der Waals surface area contributed by atoms with Crippen LogP contribution in [0.1, 0.15) is 40.0 Å². The van der Waals surface area contributed by atoms with Gasteiger partial charge in [0.25, 0.3) is 0 Å². The molecule has 0 bridgehead atoms. The highest BCUT2D eigenvalue weighted by molar-refractivity contribution is 5.85. The highest BCUT2D eigenvalue weighted by Crippen LogP contribution is 2.12. The molecule has 6 nitrogen and oxygen atoms in total. The van der Waals surface area contributed by atoms with Crippen LogP contribution in [0.3, 0.4) is 0 Å². The van der Waals surface area contributed by atoms with Crippen LogP contribution in [0.25, 0.3) is 0 Å². The van der Waals surface area contributed by atoms with Crippen LogP contribution in [-0.4, -0.2) is 46.9 Å². The number of carboxylic acids is 2. The Hall–Kier alpha value is -1.40. The van der Waals surface area contributed by atoms with E-state index < -0.39 is 11.9 Å². The second-order valence-corrected chi connectivity index (χ2v) is 5.74. The van der Waals surface area contributed by atoms with Gasteiger partial charge < -0.3 is 20.3 Å². The molecule has 1 unspecified atom stereocenters. The lowest BCUT2D eigenvalue weighted by atomic mass is 10.1. The first-order chi connectivity index (χ1) is 9.11. The molecular formula is C14H25NO5. The fraction of sp³-hybridized carbons (Fsp3) is 0.714. The molecule has 1 saturated heterocycles. The number of hydrogen-bond donors (Lipinski definition) is 3. The third kappa shape index (κ3) is 13.0. The Morgan fingerprint density at radius 1 is 1.35 bits per heavy atom. The minimum atomic E-state index is -0.893. The summed E-state index contributed by atoms with van der Waals surface area (Å²) in [5.74, 6) is -1.67. The largest absolute Gasteiger partial charge is 0.481 e. The molecule has 0 saturated carbocycles. The number of epoxide rings is 1. The van der Waals surface area contributed by atoms with Gasteiger partial charge in [-0.1, -0.05) is 6.58 Å². The van der Waals surface area contributed by atoms with Gasteiger partial charge in [0.1, 0.15) is 0 Å². The lowest BCUT2D eigenvalue weighted by Crippen LogP contribution is -2.36. The average molecular weight is 287 g/mol. The fourth-order valence-corrected chi connectivity index (χ4v) is 1.25. The summed E-state index contributed by atoms with van der Waals surface area (Å²) in [6, 6.07) is 0. The van der Waals surface area contributed by atoms with Gasteiger partial charge in [0.2, 0.25) is 0 Å². The Morgan fingerprint density at radius 2 is 1.90 bits per heavy atom. The predicted molar refractivity (Wildman–Crippen MR) is 75.8 cm³/mol. The van der Waals surface area contributed by atoms with Crippen molar-refractivity contribution in [2.24, 2.45) is 0 Å². The molecule has 0 amide bonds.